The maximum atomic E-state index is 13.7. The molecule has 1 aromatic carbocycles. The van der Waals surface area contributed by atoms with Crippen molar-refractivity contribution in [3.05, 3.63) is 35.6 Å². The Kier molecular flexibility index (Phi) is 5.58. The first kappa shape index (κ1) is 14.4. The zero-order valence-electron chi connectivity index (χ0n) is 11.2. The molecule has 1 atom stereocenters. The van der Waals surface area contributed by atoms with Crippen LogP contribution in [0.1, 0.15) is 31.9 Å². The van der Waals surface area contributed by atoms with Gasteiger partial charge in [-0.2, -0.15) is 0 Å². The molecule has 0 saturated heterocycles. The quantitative estimate of drug-likeness (QED) is 0.373. The fraction of sp³-hybridized carbons (Fsp3) is 0.462. The summed E-state index contributed by atoms with van der Waals surface area (Å²) in [5.41, 5.74) is 3.18. The van der Waals surface area contributed by atoms with Gasteiger partial charge in [0.05, 0.1) is 6.04 Å². The minimum atomic E-state index is -0.219. The third-order valence-electron chi connectivity index (χ3n) is 2.88. The van der Waals surface area contributed by atoms with Gasteiger partial charge in [0, 0.05) is 19.2 Å². The molecule has 4 nitrogen and oxygen atoms in total. The number of nitrogens with one attached hydrogen (secondary N) is 1. The Bertz CT molecular complexity index is 406. The van der Waals surface area contributed by atoms with Crippen LogP contribution in [-0.4, -0.2) is 24.5 Å². The highest BCUT2D eigenvalue weighted by atomic mass is 19.1. The monoisotopic (exact) mass is 252 g/mol. The lowest BCUT2D eigenvalue weighted by Crippen LogP contribution is -2.44. The van der Waals surface area contributed by atoms with Crippen molar-refractivity contribution in [1.82, 2.24) is 10.3 Å². The average molecular weight is 252 g/mol. The van der Waals surface area contributed by atoms with Crippen LogP contribution in [0.3, 0.4) is 0 Å². The Hall–Kier alpha value is -1.62. The van der Waals surface area contributed by atoms with Crippen molar-refractivity contribution in [2.24, 2.45) is 10.8 Å². The number of benzene rings is 1. The van der Waals surface area contributed by atoms with E-state index in [-0.39, 0.29) is 11.9 Å². The fourth-order valence-electron chi connectivity index (χ4n) is 1.68. The largest absolute Gasteiger partial charge is 0.338 e. The molecule has 0 heterocycles. The van der Waals surface area contributed by atoms with Gasteiger partial charge in [-0.1, -0.05) is 25.1 Å². The summed E-state index contributed by atoms with van der Waals surface area (Å²) in [6, 6.07) is 6.58. The molecular weight excluding hydrogens is 231 g/mol. The second-order valence-corrected chi connectivity index (χ2v) is 4.16. The van der Waals surface area contributed by atoms with Gasteiger partial charge in [0.15, 0.2) is 0 Å². The summed E-state index contributed by atoms with van der Waals surface area (Å²) < 4.78 is 13.7. The molecule has 1 unspecified atom stereocenters. The van der Waals surface area contributed by atoms with Gasteiger partial charge >= 0.3 is 0 Å². The van der Waals surface area contributed by atoms with Crippen LogP contribution in [0.2, 0.25) is 0 Å². The Labute approximate surface area is 108 Å². The van der Waals surface area contributed by atoms with E-state index in [1.807, 2.05) is 31.9 Å². The molecule has 1 aromatic rings. The molecule has 0 saturated carbocycles. The molecule has 0 spiro atoms. The molecule has 0 aliphatic rings. The molecule has 0 aromatic heterocycles. The summed E-state index contributed by atoms with van der Waals surface area (Å²) in [5.74, 6) is 5.80. The summed E-state index contributed by atoms with van der Waals surface area (Å²) in [4.78, 5) is 6.15. The highest BCUT2D eigenvalue weighted by molar-refractivity contribution is 5.79. The first-order chi connectivity index (χ1) is 8.61. The Morgan fingerprint density at radius 3 is 2.72 bits per heavy atom. The predicted molar refractivity (Wildman–Crippen MR) is 72.5 cm³/mol. The van der Waals surface area contributed by atoms with E-state index in [9.17, 15) is 4.39 Å². The van der Waals surface area contributed by atoms with Crippen LogP contribution in [0.4, 0.5) is 4.39 Å². The molecule has 0 amide bonds. The number of rotatable bonds is 4. The molecule has 100 valence electrons. The average Bonchev–Trinajstić information content (AvgIpc) is 2.39. The van der Waals surface area contributed by atoms with Gasteiger partial charge in [0.25, 0.3) is 0 Å². The van der Waals surface area contributed by atoms with Gasteiger partial charge < -0.3 is 4.90 Å². The molecule has 0 aliphatic carbocycles. The molecule has 0 bridgehead atoms. The SMILES string of the molecule is CCCN=C(NN)N(C)C(C)c1ccccc1F. The van der Waals surface area contributed by atoms with Gasteiger partial charge in [-0.15, -0.1) is 0 Å². The van der Waals surface area contributed by atoms with Crippen LogP contribution < -0.4 is 11.3 Å². The van der Waals surface area contributed by atoms with E-state index >= 15 is 0 Å². The van der Waals surface area contributed by atoms with Crippen LogP contribution >= 0.6 is 0 Å². The zero-order chi connectivity index (χ0) is 13.5. The van der Waals surface area contributed by atoms with E-state index in [4.69, 9.17) is 5.84 Å². The third-order valence-corrected chi connectivity index (χ3v) is 2.88. The van der Waals surface area contributed by atoms with Crippen molar-refractivity contribution in [1.29, 1.82) is 0 Å². The number of guanidine groups is 1. The number of halogens is 1. The number of hydrogen-bond donors (Lipinski definition) is 2. The minimum absolute atomic E-state index is 0.141. The summed E-state index contributed by atoms with van der Waals surface area (Å²) in [6.45, 7) is 4.64. The lowest BCUT2D eigenvalue weighted by atomic mass is 10.1. The number of nitrogens with two attached hydrogens (primary N) is 1. The van der Waals surface area contributed by atoms with E-state index in [0.29, 0.717) is 18.1 Å². The second kappa shape index (κ2) is 6.96. The van der Waals surface area contributed by atoms with Crippen molar-refractivity contribution in [2.45, 2.75) is 26.3 Å². The minimum Gasteiger partial charge on any atom is -0.338 e. The summed E-state index contributed by atoms with van der Waals surface area (Å²) in [7, 11) is 1.84. The van der Waals surface area contributed by atoms with Crippen LogP contribution in [0.5, 0.6) is 0 Å². The maximum absolute atomic E-state index is 13.7. The molecule has 18 heavy (non-hydrogen) atoms. The topological polar surface area (TPSA) is 53.6 Å². The van der Waals surface area contributed by atoms with Crippen LogP contribution in [0, 0.1) is 5.82 Å². The van der Waals surface area contributed by atoms with Crippen molar-refractivity contribution in [3.63, 3.8) is 0 Å². The molecule has 1 rings (SSSR count). The Morgan fingerprint density at radius 2 is 2.17 bits per heavy atom. The number of hydrazine groups is 1. The lowest BCUT2D eigenvalue weighted by Gasteiger charge is -2.28. The van der Waals surface area contributed by atoms with E-state index in [1.54, 1.807) is 12.1 Å². The van der Waals surface area contributed by atoms with Gasteiger partial charge in [-0.05, 0) is 19.4 Å². The van der Waals surface area contributed by atoms with Crippen LogP contribution in [0.25, 0.3) is 0 Å². The first-order valence-electron chi connectivity index (χ1n) is 6.10. The van der Waals surface area contributed by atoms with Crippen molar-refractivity contribution >= 4 is 5.96 Å². The fourth-order valence-corrected chi connectivity index (χ4v) is 1.68. The second-order valence-electron chi connectivity index (χ2n) is 4.16. The number of hydrogen-bond acceptors (Lipinski definition) is 2. The first-order valence-corrected chi connectivity index (χ1v) is 6.10. The third kappa shape index (κ3) is 3.43. The smallest absolute Gasteiger partial charge is 0.208 e. The van der Waals surface area contributed by atoms with Crippen LogP contribution in [-0.2, 0) is 0 Å². The highest BCUT2D eigenvalue weighted by Gasteiger charge is 2.17. The molecule has 3 N–H and O–H groups in total. The maximum Gasteiger partial charge on any atom is 0.208 e. The van der Waals surface area contributed by atoms with E-state index in [2.05, 4.69) is 10.4 Å². The predicted octanol–water partition coefficient (Wildman–Crippen LogP) is 2.05. The highest BCUT2D eigenvalue weighted by Crippen LogP contribution is 2.21. The van der Waals surface area contributed by atoms with Crippen molar-refractivity contribution in [3.8, 4) is 0 Å². The number of nitrogens with zero attached hydrogens (tertiary/aromatic N) is 2. The number of aliphatic imine (C=N–C) groups is 1. The molecule has 0 radical (unpaired) electrons. The van der Waals surface area contributed by atoms with E-state index < -0.39 is 0 Å². The van der Waals surface area contributed by atoms with Crippen molar-refractivity contribution < 1.29 is 4.39 Å². The normalized spacial score (nSPS) is 13.3. The van der Waals surface area contributed by atoms with E-state index in [1.165, 1.54) is 6.07 Å². The van der Waals surface area contributed by atoms with Crippen LogP contribution in [0.15, 0.2) is 29.3 Å². The molecule has 0 fully saturated rings. The van der Waals surface area contributed by atoms with Gasteiger partial charge in [0.1, 0.15) is 5.82 Å². The lowest BCUT2D eigenvalue weighted by molar-refractivity contribution is 0.375. The summed E-state index contributed by atoms with van der Waals surface area (Å²) in [5, 5.41) is 0. The summed E-state index contributed by atoms with van der Waals surface area (Å²) in [6.07, 6.45) is 0.938. The standard InChI is InChI=1S/C13H21FN4/c1-4-9-16-13(17-15)18(3)10(2)11-7-5-6-8-12(11)14/h5-8,10H,4,9,15H2,1-3H3,(H,16,17). The zero-order valence-corrected chi connectivity index (χ0v) is 11.2. The molecular formula is C13H21FN4. The van der Waals surface area contributed by atoms with Crippen molar-refractivity contribution in [2.75, 3.05) is 13.6 Å². The molecule has 0 aliphatic heterocycles. The van der Waals surface area contributed by atoms with Gasteiger partial charge in [0.2, 0.25) is 5.96 Å². The van der Waals surface area contributed by atoms with E-state index in [0.717, 1.165) is 6.42 Å². The van der Waals surface area contributed by atoms with Gasteiger partial charge in [-0.3, -0.25) is 10.4 Å². The summed E-state index contributed by atoms with van der Waals surface area (Å²) >= 11 is 0. The molecule has 5 heteroatoms. The van der Waals surface area contributed by atoms with Gasteiger partial charge in [-0.25, -0.2) is 10.2 Å². The Balaban J connectivity index is 2.89. The Morgan fingerprint density at radius 1 is 1.50 bits per heavy atom.